The molecule has 0 aliphatic heterocycles. The lowest BCUT2D eigenvalue weighted by atomic mass is 10.1. The Morgan fingerprint density at radius 3 is 2.62 bits per heavy atom. The number of amides is 1. The maximum absolute atomic E-state index is 12.6. The molecule has 9 heteroatoms. The third kappa shape index (κ3) is 3.97. The van der Waals surface area contributed by atoms with E-state index >= 15 is 0 Å². The quantitative estimate of drug-likeness (QED) is 0.236. The van der Waals surface area contributed by atoms with Crippen molar-refractivity contribution in [3.8, 4) is 11.3 Å². The highest BCUT2D eigenvalue weighted by molar-refractivity contribution is 6.09. The van der Waals surface area contributed by atoms with Gasteiger partial charge in [0.25, 0.3) is 5.91 Å². The SMILES string of the molecule is NCc1ccoc1C(=O)Nc1ccc(Nc2nc(-c3cccc4c3oc3ccccc34)cc3ccnn23)cc1. The number of benzene rings is 3. The van der Waals surface area contributed by atoms with Crippen LogP contribution in [0.25, 0.3) is 38.7 Å². The molecule has 0 aliphatic rings. The molecule has 3 aromatic carbocycles. The van der Waals surface area contributed by atoms with E-state index in [0.29, 0.717) is 17.2 Å². The summed E-state index contributed by atoms with van der Waals surface area (Å²) >= 11 is 0. The van der Waals surface area contributed by atoms with Crippen LogP contribution >= 0.6 is 0 Å². The molecule has 4 N–H and O–H groups in total. The largest absolute Gasteiger partial charge is 0.459 e. The molecule has 0 aliphatic carbocycles. The second-order valence-corrected chi connectivity index (χ2v) is 9.05. The standard InChI is InChI=1S/C30H22N6O3/c31-17-18-13-15-38-27(18)29(37)33-19-8-10-20(11-9-19)34-30-35-25(16-21-12-14-32-36(21)30)24-6-3-5-23-22-4-1-2-7-26(22)39-28(23)24/h1-16H,17,31H2,(H,33,37)(H,34,35). The Kier molecular flexibility index (Phi) is 5.35. The number of anilines is 3. The summed E-state index contributed by atoms with van der Waals surface area (Å²) in [4.78, 5) is 17.5. The number of furan rings is 2. The molecule has 0 radical (unpaired) electrons. The van der Waals surface area contributed by atoms with Crippen LogP contribution in [0.3, 0.4) is 0 Å². The monoisotopic (exact) mass is 514 g/mol. The summed E-state index contributed by atoms with van der Waals surface area (Å²) in [5.41, 5.74) is 11.9. The van der Waals surface area contributed by atoms with Gasteiger partial charge in [0.05, 0.1) is 23.7 Å². The zero-order valence-electron chi connectivity index (χ0n) is 20.6. The van der Waals surface area contributed by atoms with Crippen LogP contribution in [0.2, 0.25) is 0 Å². The van der Waals surface area contributed by atoms with E-state index < -0.39 is 0 Å². The van der Waals surface area contributed by atoms with Crippen LogP contribution in [0.5, 0.6) is 0 Å². The lowest BCUT2D eigenvalue weighted by Crippen LogP contribution is -2.14. The summed E-state index contributed by atoms with van der Waals surface area (Å²) in [6.07, 6.45) is 3.19. The van der Waals surface area contributed by atoms with Crippen molar-refractivity contribution in [1.29, 1.82) is 0 Å². The minimum absolute atomic E-state index is 0.210. The first-order valence-electron chi connectivity index (χ1n) is 12.4. The van der Waals surface area contributed by atoms with E-state index in [1.165, 1.54) is 6.26 Å². The molecule has 190 valence electrons. The van der Waals surface area contributed by atoms with Crippen molar-refractivity contribution in [3.05, 3.63) is 109 Å². The van der Waals surface area contributed by atoms with Gasteiger partial charge in [-0.25, -0.2) is 9.50 Å². The Morgan fingerprint density at radius 1 is 0.923 bits per heavy atom. The topological polar surface area (TPSA) is 124 Å². The van der Waals surface area contributed by atoms with Crippen LogP contribution in [0, 0.1) is 0 Å². The van der Waals surface area contributed by atoms with Gasteiger partial charge >= 0.3 is 0 Å². The maximum Gasteiger partial charge on any atom is 0.291 e. The number of nitrogens with two attached hydrogens (primary N) is 1. The van der Waals surface area contributed by atoms with Gasteiger partial charge in [0, 0.05) is 39.8 Å². The second-order valence-electron chi connectivity index (χ2n) is 9.05. The number of nitrogens with one attached hydrogen (secondary N) is 2. The van der Waals surface area contributed by atoms with Crippen molar-refractivity contribution >= 4 is 50.7 Å². The second kappa shape index (κ2) is 9.16. The molecule has 0 bridgehead atoms. The number of hydrogen-bond acceptors (Lipinski definition) is 7. The van der Waals surface area contributed by atoms with Gasteiger partial charge in [0.1, 0.15) is 11.2 Å². The van der Waals surface area contributed by atoms with Crippen molar-refractivity contribution < 1.29 is 13.6 Å². The summed E-state index contributed by atoms with van der Waals surface area (Å²) in [5, 5.41) is 12.7. The highest BCUT2D eigenvalue weighted by Gasteiger charge is 2.17. The molecule has 0 unspecified atom stereocenters. The van der Waals surface area contributed by atoms with Gasteiger partial charge in [-0.3, -0.25) is 4.79 Å². The lowest BCUT2D eigenvalue weighted by molar-refractivity contribution is 0.0995. The number of nitrogens with zero attached hydrogens (tertiary/aromatic N) is 3. The van der Waals surface area contributed by atoms with Crippen molar-refractivity contribution in [3.63, 3.8) is 0 Å². The third-order valence-corrected chi connectivity index (χ3v) is 6.64. The highest BCUT2D eigenvalue weighted by atomic mass is 16.3. The first kappa shape index (κ1) is 22.8. The fourth-order valence-corrected chi connectivity index (χ4v) is 4.75. The molecule has 0 saturated heterocycles. The first-order valence-corrected chi connectivity index (χ1v) is 12.4. The molecule has 39 heavy (non-hydrogen) atoms. The number of hydrogen-bond donors (Lipinski definition) is 3. The minimum Gasteiger partial charge on any atom is -0.459 e. The van der Waals surface area contributed by atoms with Crippen LogP contribution < -0.4 is 16.4 Å². The Balaban J connectivity index is 1.21. The van der Waals surface area contributed by atoms with Crippen LogP contribution in [-0.2, 0) is 6.54 Å². The molecule has 0 spiro atoms. The van der Waals surface area contributed by atoms with Crippen molar-refractivity contribution in [2.75, 3.05) is 10.6 Å². The van der Waals surface area contributed by atoms with Gasteiger partial charge in [-0.2, -0.15) is 5.10 Å². The van der Waals surface area contributed by atoms with Crippen molar-refractivity contribution in [2.45, 2.75) is 6.54 Å². The summed E-state index contributed by atoms with van der Waals surface area (Å²) in [5.74, 6) is 0.398. The number of para-hydroxylation sites is 2. The fraction of sp³-hybridized carbons (Fsp3) is 0.0333. The number of rotatable bonds is 6. The average molecular weight is 515 g/mol. The van der Waals surface area contributed by atoms with Gasteiger partial charge in [-0.05, 0) is 54.6 Å². The van der Waals surface area contributed by atoms with Gasteiger partial charge < -0.3 is 25.2 Å². The Morgan fingerprint density at radius 2 is 1.74 bits per heavy atom. The van der Waals surface area contributed by atoms with Gasteiger partial charge in [0.15, 0.2) is 5.76 Å². The van der Waals surface area contributed by atoms with E-state index in [2.05, 4.69) is 27.9 Å². The molecule has 0 saturated carbocycles. The molecule has 0 fully saturated rings. The summed E-state index contributed by atoms with van der Waals surface area (Å²) in [6, 6.07) is 27.0. The molecule has 7 aromatic rings. The average Bonchev–Trinajstić information content (AvgIpc) is 3.72. The molecular formula is C30H22N6O3. The number of fused-ring (bicyclic) bond motifs is 4. The van der Waals surface area contributed by atoms with Crippen molar-refractivity contribution in [1.82, 2.24) is 14.6 Å². The van der Waals surface area contributed by atoms with Crippen LogP contribution in [0.15, 0.2) is 106 Å². The maximum atomic E-state index is 12.6. The van der Waals surface area contributed by atoms with Crippen LogP contribution in [0.4, 0.5) is 17.3 Å². The van der Waals surface area contributed by atoms with E-state index in [-0.39, 0.29) is 18.2 Å². The molecule has 1 amide bonds. The number of carbonyl (C=O) groups is 1. The van der Waals surface area contributed by atoms with Gasteiger partial charge in [-0.15, -0.1) is 0 Å². The van der Waals surface area contributed by atoms with Gasteiger partial charge in [0.2, 0.25) is 5.95 Å². The van der Waals surface area contributed by atoms with Crippen LogP contribution in [-0.4, -0.2) is 20.5 Å². The molecule has 0 atom stereocenters. The third-order valence-electron chi connectivity index (χ3n) is 6.64. The molecular weight excluding hydrogens is 492 g/mol. The Bertz CT molecular complexity index is 1980. The molecule has 4 aromatic heterocycles. The van der Waals surface area contributed by atoms with E-state index in [0.717, 1.165) is 44.4 Å². The van der Waals surface area contributed by atoms with Crippen LogP contribution in [0.1, 0.15) is 16.1 Å². The molecule has 7 rings (SSSR count). The first-order chi connectivity index (χ1) is 19.2. The minimum atomic E-state index is -0.353. The normalized spacial score (nSPS) is 11.4. The summed E-state index contributed by atoms with van der Waals surface area (Å²) in [6.45, 7) is 0.223. The van der Waals surface area contributed by atoms with E-state index in [4.69, 9.17) is 19.6 Å². The van der Waals surface area contributed by atoms with Gasteiger partial charge in [-0.1, -0.05) is 30.3 Å². The number of aromatic nitrogens is 3. The fourth-order valence-electron chi connectivity index (χ4n) is 4.75. The predicted octanol–water partition coefficient (Wildman–Crippen LogP) is 6.34. The summed E-state index contributed by atoms with van der Waals surface area (Å²) in [7, 11) is 0. The zero-order valence-corrected chi connectivity index (χ0v) is 20.6. The number of carbonyl (C=O) groups excluding carboxylic acids is 1. The van der Waals surface area contributed by atoms with E-state index in [1.54, 1.807) is 28.9 Å². The Labute approximate surface area is 221 Å². The summed E-state index contributed by atoms with van der Waals surface area (Å²) < 4.78 is 13.3. The smallest absolute Gasteiger partial charge is 0.291 e. The molecule has 4 heterocycles. The zero-order chi connectivity index (χ0) is 26.3. The molecule has 9 nitrogen and oxygen atoms in total. The predicted molar refractivity (Wildman–Crippen MR) is 150 cm³/mol. The van der Waals surface area contributed by atoms with E-state index in [1.807, 2.05) is 54.6 Å². The van der Waals surface area contributed by atoms with E-state index in [9.17, 15) is 4.79 Å². The highest BCUT2D eigenvalue weighted by Crippen LogP contribution is 2.36. The Hall–Kier alpha value is -5.41. The lowest BCUT2D eigenvalue weighted by Gasteiger charge is -2.11. The van der Waals surface area contributed by atoms with Crippen molar-refractivity contribution in [2.24, 2.45) is 5.73 Å².